The Morgan fingerprint density at radius 3 is 2.80 bits per heavy atom. The van der Waals surface area contributed by atoms with Crippen molar-refractivity contribution in [3.8, 4) is 0 Å². The smallest absolute Gasteiger partial charge is 0.292 e. The van der Waals surface area contributed by atoms with Crippen LogP contribution in [0.2, 0.25) is 0 Å². The summed E-state index contributed by atoms with van der Waals surface area (Å²) in [6.07, 6.45) is 1.98. The molecule has 0 radical (unpaired) electrons. The highest BCUT2D eigenvalue weighted by atomic mass is 32.1. The van der Waals surface area contributed by atoms with Crippen LogP contribution in [0.5, 0.6) is 0 Å². The van der Waals surface area contributed by atoms with Gasteiger partial charge in [0.1, 0.15) is 16.4 Å². The number of carbonyl (C=O) groups is 2. The molecule has 128 valence electrons. The van der Waals surface area contributed by atoms with E-state index < -0.39 is 5.91 Å². The van der Waals surface area contributed by atoms with Gasteiger partial charge >= 0.3 is 0 Å². The summed E-state index contributed by atoms with van der Waals surface area (Å²) < 4.78 is 19.0. The zero-order valence-corrected chi connectivity index (χ0v) is 14.2. The Morgan fingerprint density at radius 1 is 1.24 bits per heavy atom. The van der Waals surface area contributed by atoms with Crippen molar-refractivity contribution in [3.63, 3.8) is 0 Å². The minimum absolute atomic E-state index is 0.113. The Hall–Kier alpha value is -2.67. The number of rotatable bonds is 4. The second kappa shape index (κ2) is 6.00. The van der Waals surface area contributed by atoms with E-state index >= 15 is 0 Å². The van der Waals surface area contributed by atoms with Crippen molar-refractivity contribution in [2.45, 2.75) is 25.8 Å². The largest absolute Gasteiger partial charge is 0.451 e. The highest BCUT2D eigenvalue weighted by Gasteiger charge is 2.26. The van der Waals surface area contributed by atoms with E-state index in [1.807, 2.05) is 0 Å². The molecule has 3 aromatic rings. The number of anilines is 1. The average molecular weight is 358 g/mol. The van der Waals surface area contributed by atoms with Crippen molar-refractivity contribution >= 4 is 39.1 Å². The minimum Gasteiger partial charge on any atom is -0.451 e. The molecular weight excluding hydrogens is 343 g/mol. The van der Waals surface area contributed by atoms with Crippen LogP contribution in [0.4, 0.5) is 9.39 Å². The Morgan fingerprint density at radius 2 is 2.04 bits per heavy atom. The van der Waals surface area contributed by atoms with Crippen molar-refractivity contribution in [3.05, 3.63) is 52.3 Å². The minimum atomic E-state index is -0.461. The molecule has 0 spiro atoms. The van der Waals surface area contributed by atoms with Crippen molar-refractivity contribution < 1.29 is 18.4 Å². The van der Waals surface area contributed by atoms with Crippen molar-refractivity contribution in [2.24, 2.45) is 0 Å². The zero-order valence-electron chi connectivity index (χ0n) is 13.4. The van der Waals surface area contributed by atoms with E-state index in [0.29, 0.717) is 27.1 Å². The summed E-state index contributed by atoms with van der Waals surface area (Å²) in [6.45, 7) is 1.70. The predicted molar refractivity (Wildman–Crippen MR) is 93.7 cm³/mol. The Labute approximate surface area is 146 Å². The standard InChI is InChI=1S/C18H15FN2O3S/c1-9-13-8-10(19)2-5-14(13)24-15(9)17(23)21-18-12(6-7-25-18)16(22)20-11-3-4-11/h2,5-8,11H,3-4H2,1H3,(H,20,22)(H,21,23). The number of furan rings is 1. The van der Waals surface area contributed by atoms with Gasteiger partial charge in [-0.25, -0.2) is 4.39 Å². The van der Waals surface area contributed by atoms with Gasteiger partial charge in [-0.2, -0.15) is 0 Å². The summed E-state index contributed by atoms with van der Waals surface area (Å²) in [4.78, 5) is 24.8. The Balaban J connectivity index is 1.59. The number of fused-ring (bicyclic) bond motifs is 1. The maximum atomic E-state index is 13.4. The van der Waals surface area contributed by atoms with Gasteiger partial charge in [-0.15, -0.1) is 11.3 Å². The number of halogens is 1. The van der Waals surface area contributed by atoms with E-state index in [2.05, 4.69) is 10.6 Å². The molecular formula is C18H15FN2O3S. The molecule has 0 atom stereocenters. The highest BCUT2D eigenvalue weighted by Crippen LogP contribution is 2.29. The van der Waals surface area contributed by atoms with E-state index in [1.54, 1.807) is 18.4 Å². The third-order valence-corrected chi connectivity index (χ3v) is 4.98. The average Bonchev–Trinajstić information content (AvgIpc) is 3.17. The molecule has 25 heavy (non-hydrogen) atoms. The van der Waals surface area contributed by atoms with Crippen LogP contribution in [0.15, 0.2) is 34.1 Å². The first kappa shape index (κ1) is 15.8. The van der Waals surface area contributed by atoms with Gasteiger partial charge in [0, 0.05) is 17.0 Å². The number of hydrogen-bond acceptors (Lipinski definition) is 4. The molecule has 7 heteroatoms. The van der Waals surface area contributed by atoms with E-state index in [1.165, 1.54) is 29.5 Å². The zero-order chi connectivity index (χ0) is 17.6. The summed E-state index contributed by atoms with van der Waals surface area (Å²) in [5, 5.41) is 8.40. The van der Waals surface area contributed by atoms with Crippen LogP contribution in [0.3, 0.4) is 0 Å². The first-order valence-electron chi connectivity index (χ1n) is 7.91. The fraction of sp³-hybridized carbons (Fsp3) is 0.222. The molecule has 1 aromatic carbocycles. The second-order valence-corrected chi connectivity index (χ2v) is 6.98. The van der Waals surface area contributed by atoms with Crippen LogP contribution in [-0.4, -0.2) is 17.9 Å². The molecule has 1 saturated carbocycles. The highest BCUT2D eigenvalue weighted by molar-refractivity contribution is 7.14. The fourth-order valence-corrected chi connectivity index (χ4v) is 3.42. The first-order chi connectivity index (χ1) is 12.0. The molecule has 2 amide bonds. The molecule has 1 aliphatic carbocycles. The number of carbonyl (C=O) groups excluding carboxylic acids is 2. The molecule has 2 aromatic heterocycles. The topological polar surface area (TPSA) is 71.3 Å². The first-order valence-corrected chi connectivity index (χ1v) is 8.79. The summed E-state index contributed by atoms with van der Waals surface area (Å²) in [5.74, 6) is -0.928. The van der Waals surface area contributed by atoms with Gasteiger partial charge < -0.3 is 15.1 Å². The Kier molecular flexibility index (Phi) is 3.80. The molecule has 0 unspecified atom stereocenters. The van der Waals surface area contributed by atoms with Crippen molar-refractivity contribution in [1.82, 2.24) is 5.32 Å². The number of hydrogen-bond donors (Lipinski definition) is 2. The lowest BCUT2D eigenvalue weighted by molar-refractivity contribution is 0.0952. The molecule has 5 nitrogen and oxygen atoms in total. The maximum Gasteiger partial charge on any atom is 0.292 e. The van der Waals surface area contributed by atoms with Gasteiger partial charge in [0.05, 0.1) is 5.56 Å². The lowest BCUT2D eigenvalue weighted by Gasteiger charge is -2.06. The van der Waals surface area contributed by atoms with Gasteiger partial charge in [-0.3, -0.25) is 9.59 Å². The lowest BCUT2D eigenvalue weighted by Crippen LogP contribution is -2.26. The molecule has 0 bridgehead atoms. The van der Waals surface area contributed by atoms with Crippen LogP contribution in [0.25, 0.3) is 11.0 Å². The summed E-state index contributed by atoms with van der Waals surface area (Å²) >= 11 is 1.27. The van der Waals surface area contributed by atoms with E-state index in [-0.39, 0.29) is 23.5 Å². The van der Waals surface area contributed by atoms with E-state index in [4.69, 9.17) is 4.42 Å². The molecule has 0 aliphatic heterocycles. The SMILES string of the molecule is Cc1c(C(=O)Nc2sccc2C(=O)NC2CC2)oc2ccc(F)cc12. The van der Waals surface area contributed by atoms with Gasteiger partial charge in [0.15, 0.2) is 5.76 Å². The molecule has 1 fully saturated rings. The third kappa shape index (κ3) is 3.02. The number of aryl methyl sites for hydroxylation is 1. The lowest BCUT2D eigenvalue weighted by atomic mass is 10.1. The van der Waals surface area contributed by atoms with Gasteiger partial charge in [0.2, 0.25) is 0 Å². The summed E-state index contributed by atoms with van der Waals surface area (Å²) in [6, 6.07) is 6.04. The van der Waals surface area contributed by atoms with Crippen LogP contribution in [0, 0.1) is 12.7 Å². The van der Waals surface area contributed by atoms with Gasteiger partial charge in [-0.05, 0) is 49.4 Å². The number of amides is 2. The van der Waals surface area contributed by atoms with Gasteiger partial charge in [0.25, 0.3) is 11.8 Å². The Bertz CT molecular complexity index is 988. The number of nitrogens with one attached hydrogen (secondary N) is 2. The van der Waals surface area contributed by atoms with Crippen LogP contribution in [-0.2, 0) is 0 Å². The molecule has 2 N–H and O–H groups in total. The van der Waals surface area contributed by atoms with Gasteiger partial charge in [-0.1, -0.05) is 0 Å². The normalized spacial score (nSPS) is 13.8. The second-order valence-electron chi connectivity index (χ2n) is 6.06. The molecule has 0 saturated heterocycles. The number of thiophene rings is 1. The molecule has 1 aliphatic rings. The van der Waals surface area contributed by atoms with Crippen molar-refractivity contribution in [2.75, 3.05) is 5.32 Å². The van der Waals surface area contributed by atoms with Crippen molar-refractivity contribution in [1.29, 1.82) is 0 Å². The van der Waals surface area contributed by atoms with Crippen LogP contribution in [0.1, 0.15) is 39.3 Å². The molecule has 4 rings (SSSR count). The molecule has 2 heterocycles. The third-order valence-electron chi connectivity index (χ3n) is 4.15. The predicted octanol–water partition coefficient (Wildman–Crippen LogP) is 4.09. The number of benzene rings is 1. The van der Waals surface area contributed by atoms with E-state index in [9.17, 15) is 14.0 Å². The fourth-order valence-electron chi connectivity index (χ4n) is 2.65. The van der Waals surface area contributed by atoms with Crippen LogP contribution < -0.4 is 10.6 Å². The quantitative estimate of drug-likeness (QED) is 0.738. The van der Waals surface area contributed by atoms with E-state index in [0.717, 1.165) is 12.8 Å². The van der Waals surface area contributed by atoms with Crippen LogP contribution >= 0.6 is 11.3 Å². The summed E-state index contributed by atoms with van der Waals surface area (Å²) in [7, 11) is 0. The summed E-state index contributed by atoms with van der Waals surface area (Å²) in [5.41, 5.74) is 1.44. The maximum absolute atomic E-state index is 13.4. The monoisotopic (exact) mass is 358 g/mol.